The number of sulfonamides is 1. The largest absolute Gasteiger partial charge is 0.278 e. The van der Waals surface area contributed by atoms with Gasteiger partial charge in [-0.25, -0.2) is 17.5 Å². The van der Waals surface area contributed by atoms with Crippen LogP contribution >= 0.6 is 11.6 Å². The molecule has 1 amide bonds. The first kappa shape index (κ1) is 30.4. The molecule has 0 atom stereocenters. The standard InChI is InChI=1S/C32H28ClFN4O3S/c1-4-27(28-12-11-25(34)19-29(28)33)32(21(2)5-13-30-22(3)20-36-37-30)24-9-6-23(7-10-24)8-14-31(39)38-42(40,41)26-15-17-35-18-16-26/h5-20H,2,4H2,1,3H3,(H,36,37)(H,38,39)/b13-5-,14-8+,32-27-. The van der Waals surface area contributed by atoms with Crippen molar-refractivity contribution >= 4 is 50.8 Å². The van der Waals surface area contributed by atoms with Gasteiger partial charge in [0.05, 0.1) is 21.8 Å². The fraction of sp³-hybridized carbons (Fsp3) is 0.0938. The quantitative estimate of drug-likeness (QED) is 0.115. The number of benzene rings is 2. The minimum absolute atomic E-state index is 0.0622. The summed E-state index contributed by atoms with van der Waals surface area (Å²) in [5.41, 5.74) is 6.40. The predicted octanol–water partition coefficient (Wildman–Crippen LogP) is 7.01. The Kier molecular flexibility index (Phi) is 9.67. The molecule has 0 saturated heterocycles. The first-order valence-corrected chi connectivity index (χ1v) is 14.8. The van der Waals surface area contributed by atoms with Gasteiger partial charge in [-0.05, 0) is 88.7 Å². The second-order valence-corrected chi connectivity index (χ2v) is 11.4. The highest BCUT2D eigenvalue weighted by Gasteiger charge is 2.17. The molecule has 0 aliphatic carbocycles. The van der Waals surface area contributed by atoms with Crippen molar-refractivity contribution in [2.75, 3.05) is 0 Å². The zero-order chi connectivity index (χ0) is 30.3. The van der Waals surface area contributed by atoms with E-state index in [0.29, 0.717) is 23.1 Å². The number of hydrogen-bond donors (Lipinski definition) is 2. The van der Waals surface area contributed by atoms with Crippen LogP contribution in [0.3, 0.4) is 0 Å². The summed E-state index contributed by atoms with van der Waals surface area (Å²) in [4.78, 5) is 16.1. The number of carbonyl (C=O) groups excluding carboxylic acids is 1. The smallest absolute Gasteiger partial charge is 0.264 e. The molecular formula is C32H28ClFN4O3S. The number of hydrogen-bond acceptors (Lipinski definition) is 5. The Bertz CT molecular complexity index is 1810. The molecular weight excluding hydrogens is 575 g/mol. The summed E-state index contributed by atoms with van der Waals surface area (Å²) in [7, 11) is -4.01. The van der Waals surface area contributed by atoms with E-state index in [1.807, 2.05) is 42.9 Å². The van der Waals surface area contributed by atoms with Gasteiger partial charge in [0.15, 0.2) is 0 Å². The predicted molar refractivity (Wildman–Crippen MR) is 165 cm³/mol. The molecule has 4 rings (SSSR count). The molecule has 0 spiro atoms. The van der Waals surface area contributed by atoms with E-state index in [0.717, 1.165) is 34.0 Å². The van der Waals surface area contributed by atoms with Crippen molar-refractivity contribution in [1.29, 1.82) is 0 Å². The Balaban J connectivity index is 1.65. The summed E-state index contributed by atoms with van der Waals surface area (Å²) < 4.78 is 40.6. The van der Waals surface area contributed by atoms with Crippen LogP contribution in [0.5, 0.6) is 0 Å². The average Bonchev–Trinajstić information content (AvgIpc) is 3.39. The third-order valence-corrected chi connectivity index (χ3v) is 8.05. The van der Waals surface area contributed by atoms with Crippen LogP contribution in [0.2, 0.25) is 5.02 Å². The minimum Gasteiger partial charge on any atom is -0.278 e. The summed E-state index contributed by atoms with van der Waals surface area (Å²) in [6.45, 7) is 8.25. The van der Waals surface area contributed by atoms with E-state index in [1.165, 1.54) is 42.7 Å². The highest BCUT2D eigenvalue weighted by atomic mass is 35.5. The van der Waals surface area contributed by atoms with Crippen LogP contribution in [0.25, 0.3) is 23.3 Å². The Hall–Kier alpha value is -4.60. The molecule has 42 heavy (non-hydrogen) atoms. The molecule has 7 nitrogen and oxygen atoms in total. The lowest BCUT2D eigenvalue weighted by Crippen LogP contribution is -2.28. The van der Waals surface area contributed by atoms with Gasteiger partial charge in [-0.15, -0.1) is 0 Å². The number of aromatic amines is 1. The van der Waals surface area contributed by atoms with Crippen molar-refractivity contribution < 1.29 is 17.6 Å². The van der Waals surface area contributed by atoms with E-state index in [2.05, 4.69) is 21.8 Å². The van der Waals surface area contributed by atoms with E-state index >= 15 is 0 Å². The molecule has 4 aromatic rings. The number of aromatic nitrogens is 3. The molecule has 214 valence electrons. The fourth-order valence-corrected chi connectivity index (χ4v) is 5.47. The van der Waals surface area contributed by atoms with Crippen molar-refractivity contribution in [2.24, 2.45) is 0 Å². The number of nitrogens with zero attached hydrogens (tertiary/aromatic N) is 2. The lowest BCUT2D eigenvalue weighted by molar-refractivity contribution is -0.114. The van der Waals surface area contributed by atoms with Crippen LogP contribution in [-0.2, 0) is 14.8 Å². The van der Waals surface area contributed by atoms with Gasteiger partial charge in [0.2, 0.25) is 0 Å². The van der Waals surface area contributed by atoms with Gasteiger partial charge in [0.25, 0.3) is 15.9 Å². The number of H-pyrrole nitrogens is 1. The van der Waals surface area contributed by atoms with Crippen molar-refractivity contribution in [1.82, 2.24) is 19.9 Å². The summed E-state index contributed by atoms with van der Waals surface area (Å²) in [5, 5.41) is 7.29. The number of pyridine rings is 1. The topological polar surface area (TPSA) is 105 Å². The van der Waals surface area contributed by atoms with Crippen LogP contribution in [0.1, 0.15) is 41.3 Å². The van der Waals surface area contributed by atoms with Crippen LogP contribution in [0.15, 0.2) is 102 Å². The van der Waals surface area contributed by atoms with E-state index in [9.17, 15) is 17.6 Å². The second-order valence-electron chi connectivity index (χ2n) is 9.26. The number of halogens is 2. The molecule has 2 aromatic heterocycles. The number of amides is 1. The van der Waals surface area contributed by atoms with Crippen LogP contribution < -0.4 is 4.72 Å². The Morgan fingerprint density at radius 2 is 1.79 bits per heavy atom. The van der Waals surface area contributed by atoms with Gasteiger partial charge in [-0.3, -0.25) is 14.9 Å². The maximum Gasteiger partial charge on any atom is 0.264 e. The molecule has 2 aromatic carbocycles. The fourth-order valence-electron chi connectivity index (χ4n) is 4.26. The van der Waals surface area contributed by atoms with E-state index in [-0.39, 0.29) is 9.92 Å². The molecule has 0 radical (unpaired) electrons. The van der Waals surface area contributed by atoms with Gasteiger partial charge in [0.1, 0.15) is 5.82 Å². The Morgan fingerprint density at radius 3 is 2.40 bits per heavy atom. The van der Waals surface area contributed by atoms with Crippen molar-refractivity contribution in [2.45, 2.75) is 25.2 Å². The number of allylic oxidation sites excluding steroid dienone is 4. The normalized spacial score (nSPS) is 12.5. The third-order valence-electron chi connectivity index (χ3n) is 6.37. The molecule has 0 saturated carbocycles. The molecule has 0 bridgehead atoms. The van der Waals surface area contributed by atoms with Crippen LogP contribution in [0, 0.1) is 12.7 Å². The SMILES string of the molecule is C=C(/C=C\c1[nH]ncc1C)/C(=C(\CC)c1ccc(F)cc1Cl)c1ccc(/C=C/C(=O)NS(=O)(=O)c2ccncc2)cc1. The number of rotatable bonds is 10. The van der Waals surface area contributed by atoms with Gasteiger partial charge >= 0.3 is 0 Å². The molecule has 0 unspecified atom stereocenters. The maximum absolute atomic E-state index is 13.9. The van der Waals surface area contributed by atoms with Crippen LogP contribution in [0.4, 0.5) is 4.39 Å². The van der Waals surface area contributed by atoms with Crippen LogP contribution in [-0.4, -0.2) is 29.5 Å². The Labute approximate surface area is 249 Å². The lowest BCUT2D eigenvalue weighted by atomic mass is 9.88. The Morgan fingerprint density at radius 1 is 1.07 bits per heavy atom. The lowest BCUT2D eigenvalue weighted by Gasteiger charge is -2.17. The van der Waals surface area contributed by atoms with Crippen molar-refractivity contribution in [3.05, 3.63) is 136 Å². The van der Waals surface area contributed by atoms with Gasteiger partial charge in [-0.1, -0.05) is 61.5 Å². The molecule has 0 aliphatic heterocycles. The molecule has 10 heteroatoms. The first-order chi connectivity index (χ1) is 20.1. The molecule has 2 heterocycles. The summed E-state index contributed by atoms with van der Waals surface area (Å²) in [6.07, 6.45) is 11.4. The average molecular weight is 603 g/mol. The zero-order valence-corrected chi connectivity index (χ0v) is 24.5. The van der Waals surface area contributed by atoms with E-state index < -0.39 is 21.7 Å². The molecule has 0 aliphatic rings. The maximum atomic E-state index is 13.9. The highest BCUT2D eigenvalue weighted by Crippen LogP contribution is 2.37. The van der Waals surface area contributed by atoms with E-state index in [4.69, 9.17) is 11.6 Å². The summed E-state index contributed by atoms with van der Waals surface area (Å²) in [6, 6.07) is 14.2. The summed E-state index contributed by atoms with van der Waals surface area (Å²) >= 11 is 6.47. The van der Waals surface area contributed by atoms with Crippen molar-refractivity contribution in [3.63, 3.8) is 0 Å². The summed E-state index contributed by atoms with van der Waals surface area (Å²) in [5.74, 6) is -1.22. The number of nitrogens with one attached hydrogen (secondary N) is 2. The first-order valence-electron chi connectivity index (χ1n) is 12.9. The van der Waals surface area contributed by atoms with Gasteiger partial charge in [-0.2, -0.15) is 5.10 Å². The van der Waals surface area contributed by atoms with Gasteiger partial charge in [0, 0.05) is 18.5 Å². The monoisotopic (exact) mass is 602 g/mol. The third kappa shape index (κ3) is 7.37. The zero-order valence-electron chi connectivity index (χ0n) is 22.9. The van der Waals surface area contributed by atoms with Crippen molar-refractivity contribution in [3.8, 4) is 0 Å². The molecule has 0 fully saturated rings. The number of carbonyl (C=O) groups is 1. The second kappa shape index (κ2) is 13.4. The molecule has 2 N–H and O–H groups in total. The highest BCUT2D eigenvalue weighted by molar-refractivity contribution is 7.90. The van der Waals surface area contributed by atoms with E-state index in [1.54, 1.807) is 24.4 Å². The minimum atomic E-state index is -4.01. The van der Waals surface area contributed by atoms with Gasteiger partial charge < -0.3 is 0 Å². The number of aryl methyl sites for hydroxylation is 1.